The molecule has 2 heterocycles. The van der Waals surface area contributed by atoms with Crippen molar-refractivity contribution in [2.45, 2.75) is 39.7 Å². The first-order valence-corrected chi connectivity index (χ1v) is 11.3. The molecule has 0 saturated carbocycles. The van der Waals surface area contributed by atoms with Crippen molar-refractivity contribution in [2.75, 3.05) is 51.1 Å². The largest absolute Gasteiger partial charge is 0.384 e. The van der Waals surface area contributed by atoms with Crippen LogP contribution in [0.3, 0.4) is 0 Å². The molecule has 0 amide bonds. The summed E-state index contributed by atoms with van der Waals surface area (Å²) in [5.74, 6) is 0. The molecule has 0 atom stereocenters. The molecule has 1 aromatic rings. The summed E-state index contributed by atoms with van der Waals surface area (Å²) >= 11 is 0. The van der Waals surface area contributed by atoms with E-state index in [1.54, 1.807) is 8.61 Å². The average Bonchev–Trinajstić information content (AvgIpc) is 3.12. The summed E-state index contributed by atoms with van der Waals surface area (Å²) in [6.07, 6.45) is 2.80. The zero-order chi connectivity index (χ0) is 18.6. The SMILES string of the molecule is CCCN(CCC)S(=O)(=O)N1CCN(Cc2cccc3c2NCC3)CC1.Cl. The number of halogens is 1. The van der Waals surface area contributed by atoms with Gasteiger partial charge in [-0.05, 0) is 30.4 Å². The minimum atomic E-state index is -3.33. The summed E-state index contributed by atoms with van der Waals surface area (Å²) < 4.78 is 29.1. The Bertz CT molecular complexity index is 700. The highest BCUT2D eigenvalue weighted by molar-refractivity contribution is 7.86. The lowest BCUT2D eigenvalue weighted by Crippen LogP contribution is -2.53. The summed E-state index contributed by atoms with van der Waals surface area (Å²) in [5.41, 5.74) is 4.02. The van der Waals surface area contributed by atoms with E-state index in [4.69, 9.17) is 0 Å². The number of rotatable bonds is 8. The van der Waals surface area contributed by atoms with Crippen LogP contribution in [-0.2, 0) is 23.2 Å². The molecule has 1 saturated heterocycles. The molecule has 0 spiro atoms. The van der Waals surface area contributed by atoms with Gasteiger partial charge >= 0.3 is 0 Å². The number of para-hydroxylation sites is 1. The van der Waals surface area contributed by atoms with Crippen molar-refractivity contribution in [3.8, 4) is 0 Å². The molecule has 2 aliphatic heterocycles. The Morgan fingerprint density at radius 3 is 2.37 bits per heavy atom. The molecule has 0 bridgehead atoms. The highest BCUT2D eigenvalue weighted by Crippen LogP contribution is 2.27. The van der Waals surface area contributed by atoms with Crippen molar-refractivity contribution < 1.29 is 8.42 Å². The number of benzene rings is 1. The summed E-state index contributed by atoms with van der Waals surface area (Å²) in [6.45, 7) is 9.91. The van der Waals surface area contributed by atoms with E-state index in [2.05, 4.69) is 28.4 Å². The number of hydrogen-bond acceptors (Lipinski definition) is 4. The average molecular weight is 417 g/mol. The van der Waals surface area contributed by atoms with Crippen LogP contribution in [0.5, 0.6) is 0 Å². The number of nitrogens with one attached hydrogen (secondary N) is 1. The molecule has 1 fully saturated rings. The lowest BCUT2D eigenvalue weighted by atomic mass is 10.1. The van der Waals surface area contributed by atoms with Crippen molar-refractivity contribution >= 4 is 28.3 Å². The molecule has 3 rings (SSSR count). The van der Waals surface area contributed by atoms with Gasteiger partial charge in [0, 0.05) is 58.0 Å². The van der Waals surface area contributed by atoms with E-state index in [0.29, 0.717) is 26.2 Å². The third kappa shape index (κ3) is 5.15. The Morgan fingerprint density at radius 2 is 1.74 bits per heavy atom. The molecule has 154 valence electrons. The second-order valence-electron chi connectivity index (χ2n) is 7.21. The highest BCUT2D eigenvalue weighted by Gasteiger charge is 2.31. The van der Waals surface area contributed by atoms with Gasteiger partial charge in [0.05, 0.1) is 0 Å². The van der Waals surface area contributed by atoms with E-state index in [-0.39, 0.29) is 12.4 Å². The number of piperazine rings is 1. The van der Waals surface area contributed by atoms with Gasteiger partial charge in [0.25, 0.3) is 10.2 Å². The van der Waals surface area contributed by atoms with E-state index in [1.807, 2.05) is 13.8 Å². The number of nitrogens with zero attached hydrogens (tertiary/aromatic N) is 3. The van der Waals surface area contributed by atoms with Gasteiger partial charge in [-0.1, -0.05) is 32.0 Å². The zero-order valence-corrected chi connectivity index (χ0v) is 18.1. The maximum atomic E-state index is 12.9. The molecule has 0 aliphatic carbocycles. The first kappa shape index (κ1) is 22.4. The maximum absolute atomic E-state index is 12.9. The molecule has 1 N–H and O–H groups in total. The fourth-order valence-corrected chi connectivity index (χ4v) is 5.68. The molecule has 1 aromatic carbocycles. The Kier molecular flexibility index (Phi) is 8.37. The minimum absolute atomic E-state index is 0. The van der Waals surface area contributed by atoms with E-state index in [0.717, 1.165) is 45.4 Å². The molecule has 8 heteroatoms. The van der Waals surface area contributed by atoms with Gasteiger partial charge in [0.15, 0.2) is 0 Å². The van der Waals surface area contributed by atoms with Crippen LogP contribution < -0.4 is 5.32 Å². The van der Waals surface area contributed by atoms with Crippen molar-refractivity contribution in [1.82, 2.24) is 13.5 Å². The van der Waals surface area contributed by atoms with E-state index < -0.39 is 10.2 Å². The van der Waals surface area contributed by atoms with Gasteiger partial charge < -0.3 is 5.32 Å². The Hall–Kier alpha value is -0.860. The number of fused-ring (bicyclic) bond motifs is 1. The number of anilines is 1. The highest BCUT2D eigenvalue weighted by atomic mass is 35.5. The second kappa shape index (κ2) is 10.1. The fraction of sp³-hybridized carbons (Fsp3) is 0.684. The van der Waals surface area contributed by atoms with Crippen LogP contribution in [0.2, 0.25) is 0 Å². The Balaban J connectivity index is 0.00000261. The normalized spacial score (nSPS) is 18.2. The van der Waals surface area contributed by atoms with Gasteiger partial charge in [0.2, 0.25) is 0 Å². The Labute approximate surface area is 170 Å². The van der Waals surface area contributed by atoms with Crippen LogP contribution in [0.4, 0.5) is 5.69 Å². The monoisotopic (exact) mass is 416 g/mol. The van der Waals surface area contributed by atoms with Crippen molar-refractivity contribution in [3.63, 3.8) is 0 Å². The smallest absolute Gasteiger partial charge is 0.282 e. The third-order valence-corrected chi connectivity index (χ3v) is 7.29. The molecule has 0 aromatic heterocycles. The molecule has 0 unspecified atom stereocenters. The van der Waals surface area contributed by atoms with E-state index >= 15 is 0 Å². The predicted octanol–water partition coefficient (Wildman–Crippen LogP) is 2.56. The fourth-order valence-electron chi connectivity index (χ4n) is 3.91. The minimum Gasteiger partial charge on any atom is -0.384 e. The lowest BCUT2D eigenvalue weighted by molar-refractivity contribution is 0.175. The number of hydrogen-bond donors (Lipinski definition) is 1. The quantitative estimate of drug-likeness (QED) is 0.707. The van der Waals surface area contributed by atoms with Crippen LogP contribution in [-0.4, -0.2) is 67.7 Å². The van der Waals surface area contributed by atoms with Gasteiger partial charge in [-0.3, -0.25) is 4.90 Å². The first-order valence-electron chi connectivity index (χ1n) is 9.88. The van der Waals surface area contributed by atoms with Crippen LogP contribution in [0.1, 0.15) is 37.8 Å². The van der Waals surface area contributed by atoms with Gasteiger partial charge in [-0.25, -0.2) is 0 Å². The summed E-state index contributed by atoms with van der Waals surface area (Å²) in [4.78, 5) is 2.37. The third-order valence-electron chi connectivity index (χ3n) is 5.26. The van der Waals surface area contributed by atoms with Crippen LogP contribution in [0.25, 0.3) is 0 Å². The maximum Gasteiger partial charge on any atom is 0.282 e. The van der Waals surface area contributed by atoms with E-state index in [9.17, 15) is 8.42 Å². The summed E-state index contributed by atoms with van der Waals surface area (Å²) in [6, 6.07) is 6.51. The van der Waals surface area contributed by atoms with Crippen molar-refractivity contribution in [2.24, 2.45) is 0 Å². The van der Waals surface area contributed by atoms with Crippen LogP contribution in [0, 0.1) is 0 Å². The Morgan fingerprint density at radius 1 is 1.07 bits per heavy atom. The lowest BCUT2D eigenvalue weighted by Gasteiger charge is -2.36. The molecule has 2 aliphatic rings. The predicted molar refractivity (Wildman–Crippen MR) is 114 cm³/mol. The standard InChI is InChI=1S/C19H32N4O2S.ClH/c1-3-10-22(11-4-2)26(24,25)23-14-12-21(13-15-23)16-18-7-5-6-17-8-9-20-19(17)18;/h5-7,20H,3-4,8-16H2,1-2H3;1H. The van der Waals surface area contributed by atoms with E-state index in [1.165, 1.54) is 16.8 Å². The zero-order valence-electron chi connectivity index (χ0n) is 16.5. The molecular weight excluding hydrogens is 384 g/mol. The first-order chi connectivity index (χ1) is 12.6. The summed E-state index contributed by atoms with van der Waals surface area (Å²) in [5, 5.41) is 3.49. The summed E-state index contributed by atoms with van der Waals surface area (Å²) in [7, 11) is -3.33. The van der Waals surface area contributed by atoms with Crippen LogP contribution >= 0.6 is 12.4 Å². The van der Waals surface area contributed by atoms with Gasteiger partial charge in [0.1, 0.15) is 0 Å². The topological polar surface area (TPSA) is 55.9 Å². The second-order valence-corrected chi connectivity index (χ2v) is 9.14. The molecule has 27 heavy (non-hydrogen) atoms. The van der Waals surface area contributed by atoms with Gasteiger partial charge in [-0.15, -0.1) is 12.4 Å². The molecular formula is C19H33ClN4O2S. The molecule has 0 radical (unpaired) electrons. The van der Waals surface area contributed by atoms with Crippen molar-refractivity contribution in [1.29, 1.82) is 0 Å². The van der Waals surface area contributed by atoms with Crippen LogP contribution in [0.15, 0.2) is 18.2 Å². The molecule has 6 nitrogen and oxygen atoms in total. The van der Waals surface area contributed by atoms with Crippen molar-refractivity contribution in [3.05, 3.63) is 29.3 Å². The van der Waals surface area contributed by atoms with Gasteiger partial charge in [-0.2, -0.15) is 17.0 Å².